The number of nitrogens with two attached hydrogens (primary N) is 1. The van der Waals surface area contributed by atoms with Crippen molar-refractivity contribution in [3.05, 3.63) is 29.8 Å². The maximum Gasteiger partial charge on any atom is 0.323 e. The van der Waals surface area contributed by atoms with Crippen LogP contribution in [0.1, 0.15) is 31.7 Å². The number of hydrogen-bond donors (Lipinski definition) is 2. The lowest BCUT2D eigenvalue weighted by Gasteiger charge is -2.19. The molecule has 0 aliphatic heterocycles. The van der Waals surface area contributed by atoms with Crippen molar-refractivity contribution in [2.45, 2.75) is 44.2 Å². The number of hydrogen-bond acceptors (Lipinski definition) is 3. The van der Waals surface area contributed by atoms with Gasteiger partial charge in [0, 0.05) is 6.42 Å². The average Bonchev–Trinajstić information content (AvgIpc) is 2.72. The van der Waals surface area contributed by atoms with Gasteiger partial charge in [-0.25, -0.2) is 0 Å². The molecule has 0 aromatic heterocycles. The molecule has 18 heavy (non-hydrogen) atoms. The minimum Gasteiger partial charge on any atom is -0.490 e. The molecule has 2 atom stereocenters. The Morgan fingerprint density at radius 3 is 3.00 bits per heavy atom. The molecule has 1 aromatic rings. The van der Waals surface area contributed by atoms with Crippen LogP contribution in [0.3, 0.4) is 0 Å². The molecular formula is C14H19NO3. The average molecular weight is 249 g/mol. The molecular weight excluding hydrogens is 230 g/mol. The lowest BCUT2D eigenvalue weighted by molar-refractivity contribution is -0.143. The number of carbonyl (C=O) groups is 1. The molecule has 0 spiro atoms. The number of benzene rings is 1. The predicted octanol–water partition coefficient (Wildman–Crippen LogP) is 1.96. The van der Waals surface area contributed by atoms with Crippen molar-refractivity contribution >= 4 is 5.97 Å². The number of aryl methyl sites for hydroxylation is 1. The second-order valence-corrected chi connectivity index (χ2v) is 4.94. The summed E-state index contributed by atoms with van der Waals surface area (Å²) in [7, 11) is 0. The van der Waals surface area contributed by atoms with Gasteiger partial charge in [-0.2, -0.15) is 0 Å². The second-order valence-electron chi connectivity index (χ2n) is 4.94. The van der Waals surface area contributed by atoms with Crippen LogP contribution in [0.15, 0.2) is 24.3 Å². The summed E-state index contributed by atoms with van der Waals surface area (Å²) in [6.07, 6.45) is 2.40. The number of carboxylic acid groups (broad SMARTS) is 1. The van der Waals surface area contributed by atoms with Crippen molar-refractivity contribution in [2.24, 2.45) is 5.73 Å². The largest absolute Gasteiger partial charge is 0.490 e. The Morgan fingerprint density at radius 1 is 1.61 bits per heavy atom. The summed E-state index contributed by atoms with van der Waals surface area (Å²) in [5.74, 6) is -0.134. The number of ether oxygens (including phenoxy) is 1. The van der Waals surface area contributed by atoms with Gasteiger partial charge in [-0.3, -0.25) is 4.79 Å². The normalized spacial score (nSPS) is 27.1. The van der Waals surface area contributed by atoms with Crippen molar-refractivity contribution in [1.29, 1.82) is 0 Å². The van der Waals surface area contributed by atoms with Crippen molar-refractivity contribution in [2.75, 3.05) is 0 Å². The van der Waals surface area contributed by atoms with Crippen LogP contribution < -0.4 is 10.5 Å². The van der Waals surface area contributed by atoms with Crippen LogP contribution in [-0.4, -0.2) is 22.7 Å². The topological polar surface area (TPSA) is 72.5 Å². The fourth-order valence-corrected chi connectivity index (χ4v) is 2.35. The van der Waals surface area contributed by atoms with Crippen LogP contribution >= 0.6 is 0 Å². The summed E-state index contributed by atoms with van der Waals surface area (Å²) in [6.45, 7) is 2.09. The number of carboxylic acids is 1. The van der Waals surface area contributed by atoms with Gasteiger partial charge >= 0.3 is 5.97 Å². The van der Waals surface area contributed by atoms with E-state index in [9.17, 15) is 4.79 Å². The fourth-order valence-electron chi connectivity index (χ4n) is 2.35. The summed E-state index contributed by atoms with van der Waals surface area (Å²) in [5.41, 5.74) is 5.92. The van der Waals surface area contributed by atoms with Gasteiger partial charge in [0.05, 0.1) is 0 Å². The van der Waals surface area contributed by atoms with E-state index in [2.05, 4.69) is 6.92 Å². The van der Waals surface area contributed by atoms with Crippen molar-refractivity contribution < 1.29 is 14.6 Å². The van der Waals surface area contributed by atoms with E-state index in [0.29, 0.717) is 19.3 Å². The van der Waals surface area contributed by atoms with Crippen molar-refractivity contribution in [3.8, 4) is 5.75 Å². The highest BCUT2D eigenvalue weighted by Crippen LogP contribution is 2.31. The Hall–Kier alpha value is -1.55. The molecule has 98 valence electrons. The highest BCUT2D eigenvalue weighted by Gasteiger charge is 2.43. The van der Waals surface area contributed by atoms with Gasteiger partial charge in [-0.1, -0.05) is 19.1 Å². The first-order valence-corrected chi connectivity index (χ1v) is 6.31. The zero-order valence-electron chi connectivity index (χ0n) is 10.6. The molecule has 4 nitrogen and oxygen atoms in total. The van der Waals surface area contributed by atoms with Gasteiger partial charge in [0.1, 0.15) is 17.4 Å². The molecule has 4 heteroatoms. The summed E-state index contributed by atoms with van der Waals surface area (Å²) >= 11 is 0. The lowest BCUT2D eigenvalue weighted by atomic mass is 10.00. The predicted molar refractivity (Wildman–Crippen MR) is 68.6 cm³/mol. The highest BCUT2D eigenvalue weighted by molar-refractivity contribution is 5.79. The molecule has 1 fully saturated rings. The molecule has 1 aromatic carbocycles. The van der Waals surface area contributed by atoms with Crippen LogP contribution in [0.25, 0.3) is 0 Å². The minimum atomic E-state index is -1.12. The molecule has 1 saturated carbocycles. The van der Waals surface area contributed by atoms with Gasteiger partial charge in [-0.15, -0.1) is 0 Å². The minimum absolute atomic E-state index is 0.0989. The molecule has 3 N–H and O–H groups in total. The SMILES string of the molecule is CCc1cccc(OC2CCC(N)(C(=O)O)C2)c1. The summed E-state index contributed by atoms with van der Waals surface area (Å²) in [4.78, 5) is 11.0. The standard InChI is InChI=1S/C14H19NO3/c1-2-10-4-3-5-11(8-10)18-12-6-7-14(15,9-12)13(16)17/h3-5,8,12H,2,6-7,9,15H2,1H3,(H,16,17). The first-order chi connectivity index (χ1) is 8.53. The van der Waals surface area contributed by atoms with Crippen molar-refractivity contribution in [3.63, 3.8) is 0 Å². The summed E-state index contributed by atoms with van der Waals surface area (Å²) in [6, 6.07) is 7.90. The van der Waals surface area contributed by atoms with Crippen molar-refractivity contribution in [1.82, 2.24) is 0 Å². The zero-order chi connectivity index (χ0) is 13.2. The third-order valence-corrected chi connectivity index (χ3v) is 3.54. The van der Waals surface area contributed by atoms with Crippen LogP contribution in [0.5, 0.6) is 5.75 Å². The number of rotatable bonds is 4. The van der Waals surface area contributed by atoms with E-state index in [4.69, 9.17) is 15.6 Å². The van der Waals surface area contributed by atoms with E-state index in [1.165, 1.54) is 5.56 Å². The first-order valence-electron chi connectivity index (χ1n) is 6.31. The van der Waals surface area contributed by atoms with E-state index < -0.39 is 11.5 Å². The molecule has 1 aliphatic carbocycles. The Bertz CT molecular complexity index is 446. The monoisotopic (exact) mass is 249 g/mol. The Balaban J connectivity index is 2.01. The van der Waals surface area contributed by atoms with E-state index in [1.807, 2.05) is 24.3 Å². The summed E-state index contributed by atoms with van der Waals surface area (Å²) < 4.78 is 5.82. The second kappa shape index (κ2) is 4.98. The van der Waals surface area contributed by atoms with E-state index in [-0.39, 0.29) is 6.10 Å². The highest BCUT2D eigenvalue weighted by atomic mass is 16.5. The first kappa shape index (κ1) is 12.9. The van der Waals surface area contributed by atoms with Crippen LogP contribution in [0.4, 0.5) is 0 Å². The van der Waals surface area contributed by atoms with Gasteiger partial charge in [0.2, 0.25) is 0 Å². The van der Waals surface area contributed by atoms with E-state index in [0.717, 1.165) is 12.2 Å². The molecule has 2 rings (SSSR count). The van der Waals surface area contributed by atoms with E-state index >= 15 is 0 Å². The number of aliphatic carboxylic acids is 1. The maximum absolute atomic E-state index is 11.0. The van der Waals surface area contributed by atoms with Gasteiger partial charge in [0.25, 0.3) is 0 Å². The zero-order valence-corrected chi connectivity index (χ0v) is 10.6. The van der Waals surface area contributed by atoms with Crippen LogP contribution in [0, 0.1) is 0 Å². The maximum atomic E-state index is 11.0. The molecule has 0 bridgehead atoms. The molecule has 0 amide bonds. The fraction of sp³-hybridized carbons (Fsp3) is 0.500. The lowest BCUT2D eigenvalue weighted by Crippen LogP contribution is -2.46. The Labute approximate surface area is 107 Å². The Morgan fingerprint density at radius 2 is 2.39 bits per heavy atom. The smallest absolute Gasteiger partial charge is 0.323 e. The Kier molecular flexibility index (Phi) is 3.57. The third-order valence-electron chi connectivity index (χ3n) is 3.54. The molecule has 0 radical (unpaired) electrons. The third kappa shape index (κ3) is 2.64. The molecule has 0 saturated heterocycles. The molecule has 0 heterocycles. The molecule has 2 unspecified atom stereocenters. The quantitative estimate of drug-likeness (QED) is 0.855. The van der Waals surface area contributed by atoms with Gasteiger partial charge in [0.15, 0.2) is 0 Å². The van der Waals surface area contributed by atoms with Crippen LogP contribution in [0.2, 0.25) is 0 Å². The van der Waals surface area contributed by atoms with Crippen LogP contribution in [-0.2, 0) is 11.2 Å². The molecule has 1 aliphatic rings. The van der Waals surface area contributed by atoms with Gasteiger partial charge < -0.3 is 15.6 Å². The van der Waals surface area contributed by atoms with Gasteiger partial charge in [-0.05, 0) is 37.0 Å². The van der Waals surface area contributed by atoms with E-state index in [1.54, 1.807) is 0 Å². The summed E-state index contributed by atoms with van der Waals surface area (Å²) in [5, 5.41) is 9.06.